The number of aliphatic carboxylic acids is 1. The standard InChI is InChI=1S/C18H23N3O7S/c1-4-10(2)15(16(23)19-11(3)18(25)26)20-14(22)9-21-17(24)12-7-5-6-8-13(12)29(21,27)28/h5-8,10-11,15H,4,9H2,1-3H3,(H,19,23)(H,20,22)(H,25,26). The van der Waals surface area contributed by atoms with Gasteiger partial charge in [-0.2, -0.15) is 0 Å². The van der Waals surface area contributed by atoms with E-state index in [1.54, 1.807) is 13.8 Å². The van der Waals surface area contributed by atoms with Crippen LogP contribution in [0.3, 0.4) is 0 Å². The first kappa shape index (κ1) is 22.3. The van der Waals surface area contributed by atoms with Crippen LogP contribution >= 0.6 is 0 Å². The lowest BCUT2D eigenvalue weighted by molar-refractivity contribution is -0.142. The van der Waals surface area contributed by atoms with Crippen molar-refractivity contribution in [2.45, 2.75) is 44.2 Å². The molecule has 1 aromatic carbocycles. The van der Waals surface area contributed by atoms with Gasteiger partial charge in [0.1, 0.15) is 23.5 Å². The highest BCUT2D eigenvalue weighted by Gasteiger charge is 2.42. The number of nitrogens with zero attached hydrogens (tertiary/aromatic N) is 1. The fourth-order valence-corrected chi connectivity index (χ4v) is 4.33. The van der Waals surface area contributed by atoms with E-state index in [0.29, 0.717) is 10.7 Å². The first-order chi connectivity index (χ1) is 13.5. The third-order valence-electron chi connectivity index (χ3n) is 4.74. The Balaban J connectivity index is 2.16. The lowest BCUT2D eigenvalue weighted by Gasteiger charge is -2.25. The Morgan fingerprint density at radius 1 is 1.14 bits per heavy atom. The maximum atomic E-state index is 12.5. The van der Waals surface area contributed by atoms with Gasteiger partial charge in [0.05, 0.1) is 5.56 Å². The molecule has 0 saturated carbocycles. The molecule has 3 N–H and O–H groups in total. The summed E-state index contributed by atoms with van der Waals surface area (Å²) in [5, 5.41) is 13.6. The molecule has 3 unspecified atom stereocenters. The van der Waals surface area contributed by atoms with Crippen molar-refractivity contribution in [2.24, 2.45) is 5.92 Å². The molecule has 1 heterocycles. The number of rotatable bonds is 8. The highest BCUT2D eigenvalue weighted by atomic mass is 32.2. The van der Waals surface area contributed by atoms with Crippen molar-refractivity contribution in [3.05, 3.63) is 29.8 Å². The van der Waals surface area contributed by atoms with Gasteiger partial charge in [0.2, 0.25) is 11.8 Å². The van der Waals surface area contributed by atoms with Gasteiger partial charge in [-0.3, -0.25) is 19.2 Å². The number of fused-ring (bicyclic) bond motifs is 1. The predicted octanol–water partition coefficient (Wildman–Crippen LogP) is -0.0487. The zero-order valence-corrected chi connectivity index (χ0v) is 17.0. The molecule has 0 radical (unpaired) electrons. The molecule has 2 rings (SSSR count). The first-order valence-electron chi connectivity index (χ1n) is 8.99. The molecule has 0 aliphatic carbocycles. The number of amides is 3. The van der Waals surface area contributed by atoms with Gasteiger partial charge in [0.15, 0.2) is 0 Å². The number of hydrogen-bond acceptors (Lipinski definition) is 6. The number of carboxylic acid groups (broad SMARTS) is 1. The maximum Gasteiger partial charge on any atom is 0.325 e. The molecule has 158 valence electrons. The number of carbonyl (C=O) groups excluding carboxylic acids is 3. The lowest BCUT2D eigenvalue weighted by atomic mass is 9.98. The third kappa shape index (κ3) is 4.56. The summed E-state index contributed by atoms with van der Waals surface area (Å²) in [4.78, 5) is 48.1. The van der Waals surface area contributed by atoms with E-state index >= 15 is 0 Å². The lowest BCUT2D eigenvalue weighted by Crippen LogP contribution is -2.55. The minimum atomic E-state index is -4.16. The summed E-state index contributed by atoms with van der Waals surface area (Å²) in [7, 11) is -4.16. The maximum absolute atomic E-state index is 12.5. The van der Waals surface area contributed by atoms with Gasteiger partial charge in [-0.15, -0.1) is 0 Å². The molecule has 0 fully saturated rings. The van der Waals surface area contributed by atoms with Crippen LogP contribution in [-0.2, 0) is 24.4 Å². The minimum Gasteiger partial charge on any atom is -0.480 e. The van der Waals surface area contributed by atoms with Crippen LogP contribution in [0.1, 0.15) is 37.6 Å². The molecule has 10 nitrogen and oxygen atoms in total. The van der Waals surface area contributed by atoms with E-state index in [1.807, 2.05) is 0 Å². The van der Waals surface area contributed by atoms with Crippen LogP contribution in [0, 0.1) is 5.92 Å². The Morgan fingerprint density at radius 3 is 2.31 bits per heavy atom. The molecule has 1 aromatic rings. The van der Waals surface area contributed by atoms with Crippen LogP contribution in [0.2, 0.25) is 0 Å². The molecule has 29 heavy (non-hydrogen) atoms. The fraction of sp³-hybridized carbons (Fsp3) is 0.444. The van der Waals surface area contributed by atoms with Crippen molar-refractivity contribution in [3.63, 3.8) is 0 Å². The van der Waals surface area contributed by atoms with Crippen LogP contribution < -0.4 is 10.6 Å². The Bertz CT molecular complexity index is 945. The number of carboxylic acids is 1. The van der Waals surface area contributed by atoms with E-state index in [4.69, 9.17) is 5.11 Å². The second-order valence-corrected chi connectivity index (χ2v) is 8.64. The summed E-state index contributed by atoms with van der Waals surface area (Å²) < 4.78 is 25.5. The van der Waals surface area contributed by atoms with Gasteiger partial charge in [-0.1, -0.05) is 32.4 Å². The second kappa shape index (κ2) is 8.60. The van der Waals surface area contributed by atoms with Crippen molar-refractivity contribution < 1.29 is 32.7 Å². The largest absolute Gasteiger partial charge is 0.480 e. The van der Waals surface area contributed by atoms with E-state index in [0.717, 1.165) is 0 Å². The number of hydrogen-bond donors (Lipinski definition) is 3. The zero-order valence-electron chi connectivity index (χ0n) is 16.2. The van der Waals surface area contributed by atoms with Crippen molar-refractivity contribution in [2.75, 3.05) is 6.54 Å². The van der Waals surface area contributed by atoms with Gasteiger partial charge in [0, 0.05) is 0 Å². The summed E-state index contributed by atoms with van der Waals surface area (Å²) in [6, 6.07) is 3.38. The topological polar surface area (TPSA) is 150 Å². The van der Waals surface area contributed by atoms with Gasteiger partial charge in [-0.25, -0.2) is 12.7 Å². The number of carbonyl (C=O) groups is 4. The van der Waals surface area contributed by atoms with E-state index in [1.165, 1.54) is 31.2 Å². The summed E-state index contributed by atoms with van der Waals surface area (Å²) in [6.07, 6.45) is 0.492. The van der Waals surface area contributed by atoms with E-state index in [2.05, 4.69) is 10.6 Å². The van der Waals surface area contributed by atoms with Gasteiger partial charge in [0.25, 0.3) is 15.9 Å². The fourth-order valence-electron chi connectivity index (χ4n) is 2.80. The van der Waals surface area contributed by atoms with E-state index in [9.17, 15) is 27.6 Å². The van der Waals surface area contributed by atoms with E-state index in [-0.39, 0.29) is 16.4 Å². The second-order valence-electron chi connectivity index (χ2n) is 6.81. The number of sulfonamides is 1. The van der Waals surface area contributed by atoms with Crippen LogP contribution in [0.15, 0.2) is 29.2 Å². The van der Waals surface area contributed by atoms with Crippen LogP contribution in [0.4, 0.5) is 0 Å². The molecule has 1 aliphatic rings. The Kier molecular flexibility index (Phi) is 6.62. The van der Waals surface area contributed by atoms with Crippen molar-refractivity contribution in [1.29, 1.82) is 0 Å². The van der Waals surface area contributed by atoms with Crippen molar-refractivity contribution in [1.82, 2.24) is 14.9 Å². The number of nitrogens with one attached hydrogen (secondary N) is 2. The number of benzene rings is 1. The normalized spacial score (nSPS) is 17.8. The molecule has 1 aliphatic heterocycles. The average molecular weight is 425 g/mol. The third-order valence-corrected chi connectivity index (χ3v) is 6.53. The molecule has 3 amide bonds. The van der Waals surface area contributed by atoms with Crippen molar-refractivity contribution >= 4 is 33.7 Å². The molecule has 0 saturated heterocycles. The predicted molar refractivity (Wildman–Crippen MR) is 101 cm³/mol. The summed E-state index contributed by atoms with van der Waals surface area (Å²) >= 11 is 0. The van der Waals surface area contributed by atoms with E-state index < -0.39 is 52.3 Å². The molecular weight excluding hydrogens is 402 g/mol. The molecular formula is C18H23N3O7S. The van der Waals surface area contributed by atoms with Gasteiger partial charge >= 0.3 is 5.97 Å². The average Bonchev–Trinajstić information content (AvgIpc) is 2.86. The molecule has 11 heteroatoms. The summed E-state index contributed by atoms with van der Waals surface area (Å²) in [6.45, 7) is 3.96. The quantitative estimate of drug-likeness (QED) is 0.528. The SMILES string of the molecule is CCC(C)C(NC(=O)CN1C(=O)c2ccccc2S1(=O)=O)C(=O)NC(C)C(=O)O. The molecule has 0 bridgehead atoms. The smallest absolute Gasteiger partial charge is 0.325 e. The monoisotopic (exact) mass is 425 g/mol. The summed E-state index contributed by atoms with van der Waals surface area (Å²) in [5.41, 5.74) is -0.0215. The molecule has 0 aromatic heterocycles. The van der Waals surface area contributed by atoms with Crippen LogP contribution in [-0.4, -0.2) is 60.1 Å². The van der Waals surface area contributed by atoms with Crippen LogP contribution in [0.5, 0.6) is 0 Å². The minimum absolute atomic E-state index is 0.0215. The van der Waals surface area contributed by atoms with Crippen molar-refractivity contribution in [3.8, 4) is 0 Å². The molecule has 3 atom stereocenters. The first-order valence-corrected chi connectivity index (χ1v) is 10.4. The highest BCUT2D eigenvalue weighted by Crippen LogP contribution is 2.29. The Labute approximate surface area is 168 Å². The van der Waals surface area contributed by atoms with Crippen LogP contribution in [0.25, 0.3) is 0 Å². The zero-order chi connectivity index (χ0) is 21.9. The van der Waals surface area contributed by atoms with Gasteiger partial charge in [-0.05, 0) is 25.0 Å². The highest BCUT2D eigenvalue weighted by molar-refractivity contribution is 7.90. The summed E-state index contributed by atoms with van der Waals surface area (Å²) in [5.74, 6) is -3.97. The Hall–Kier alpha value is -2.95. The Morgan fingerprint density at radius 2 is 1.76 bits per heavy atom. The van der Waals surface area contributed by atoms with Gasteiger partial charge < -0.3 is 15.7 Å². The molecule has 0 spiro atoms.